The highest BCUT2D eigenvalue weighted by Gasteiger charge is 2.12. The van der Waals surface area contributed by atoms with Crippen molar-refractivity contribution in [1.29, 1.82) is 0 Å². The van der Waals surface area contributed by atoms with E-state index in [0.717, 1.165) is 22.3 Å². The summed E-state index contributed by atoms with van der Waals surface area (Å²) < 4.78 is 1.90. The summed E-state index contributed by atoms with van der Waals surface area (Å²) in [5.74, 6) is 0. The highest BCUT2D eigenvalue weighted by molar-refractivity contribution is 6.28. The summed E-state index contributed by atoms with van der Waals surface area (Å²) in [5, 5.41) is 10.6. The molecule has 0 radical (unpaired) electrons. The lowest BCUT2D eigenvalue weighted by Crippen LogP contribution is -2.01. The van der Waals surface area contributed by atoms with E-state index in [-0.39, 0.29) is 11.9 Å². The second-order valence-electron chi connectivity index (χ2n) is 4.39. The van der Waals surface area contributed by atoms with Crippen LogP contribution in [0.3, 0.4) is 0 Å². The molecule has 3 rings (SSSR count). The van der Waals surface area contributed by atoms with Crippen LogP contribution in [0, 0.1) is 6.92 Å². The van der Waals surface area contributed by atoms with Crippen LogP contribution >= 0.6 is 11.6 Å². The first-order chi connectivity index (χ1) is 9.19. The molecule has 0 aliphatic carbocycles. The van der Waals surface area contributed by atoms with Gasteiger partial charge in [-0.1, -0.05) is 12.1 Å². The molecule has 0 aliphatic heterocycles. The molecule has 0 atom stereocenters. The number of fused-ring (bicyclic) bond motifs is 1. The number of aliphatic hydroxyl groups is 1. The van der Waals surface area contributed by atoms with Crippen molar-refractivity contribution in [3.8, 4) is 5.69 Å². The number of aliphatic hydroxyl groups excluding tert-OH is 1. The van der Waals surface area contributed by atoms with Crippen LogP contribution in [0.25, 0.3) is 16.7 Å². The molecule has 0 saturated heterocycles. The zero-order valence-electron chi connectivity index (χ0n) is 10.3. The molecule has 2 heterocycles. The zero-order valence-corrected chi connectivity index (χ0v) is 11.1. The fourth-order valence-electron chi connectivity index (χ4n) is 2.19. The Kier molecular flexibility index (Phi) is 2.97. The summed E-state index contributed by atoms with van der Waals surface area (Å²) in [6.45, 7) is 1.96. The van der Waals surface area contributed by atoms with Crippen molar-refractivity contribution in [1.82, 2.24) is 14.5 Å². The van der Waals surface area contributed by atoms with Gasteiger partial charge in [-0.05, 0) is 42.3 Å². The topological polar surface area (TPSA) is 50.9 Å². The van der Waals surface area contributed by atoms with Crippen molar-refractivity contribution < 1.29 is 5.11 Å². The molecule has 0 bridgehead atoms. The molecule has 1 N–H and O–H groups in total. The highest BCUT2D eigenvalue weighted by atomic mass is 35.5. The van der Waals surface area contributed by atoms with Gasteiger partial charge in [-0.25, -0.2) is 4.98 Å². The summed E-state index contributed by atoms with van der Waals surface area (Å²) in [6.07, 6.45) is 1.66. The minimum Gasteiger partial charge on any atom is -0.390 e. The lowest BCUT2D eigenvalue weighted by molar-refractivity contribution is 0.275. The van der Waals surface area contributed by atoms with Gasteiger partial charge in [0.25, 0.3) is 0 Å². The van der Waals surface area contributed by atoms with E-state index in [1.165, 1.54) is 0 Å². The molecule has 19 heavy (non-hydrogen) atoms. The molecule has 0 fully saturated rings. The van der Waals surface area contributed by atoms with Gasteiger partial charge in [0, 0.05) is 17.3 Å². The van der Waals surface area contributed by atoms with E-state index in [1.54, 1.807) is 6.20 Å². The van der Waals surface area contributed by atoms with Crippen molar-refractivity contribution in [2.75, 3.05) is 0 Å². The van der Waals surface area contributed by atoms with Crippen LogP contribution in [0.5, 0.6) is 0 Å². The normalized spacial score (nSPS) is 11.1. The first-order valence-electron chi connectivity index (χ1n) is 5.90. The molecule has 4 nitrogen and oxygen atoms in total. The van der Waals surface area contributed by atoms with Crippen LogP contribution in [0.4, 0.5) is 0 Å². The largest absolute Gasteiger partial charge is 0.390 e. The van der Waals surface area contributed by atoms with E-state index in [0.29, 0.717) is 5.65 Å². The van der Waals surface area contributed by atoms with Crippen molar-refractivity contribution in [2.24, 2.45) is 0 Å². The smallest absolute Gasteiger partial charge is 0.224 e. The third-order valence-corrected chi connectivity index (χ3v) is 3.19. The monoisotopic (exact) mass is 273 g/mol. The Bertz CT molecular complexity index is 752. The Hall–Kier alpha value is -1.91. The summed E-state index contributed by atoms with van der Waals surface area (Å²) in [4.78, 5) is 8.22. The zero-order chi connectivity index (χ0) is 13.4. The molecular weight excluding hydrogens is 262 g/mol. The summed E-state index contributed by atoms with van der Waals surface area (Å²) in [7, 11) is 0. The molecule has 1 aromatic carbocycles. The first kappa shape index (κ1) is 12.1. The van der Waals surface area contributed by atoms with E-state index < -0.39 is 0 Å². The third kappa shape index (κ3) is 2.09. The Balaban J connectivity index is 2.34. The second-order valence-corrected chi connectivity index (χ2v) is 4.72. The maximum atomic E-state index is 9.52. The fourth-order valence-corrected chi connectivity index (χ4v) is 2.32. The molecule has 0 aliphatic rings. The standard InChI is InChI=1S/C14H12ClN3O/c1-9-3-2-4-11(5-9)18-12(8-19)6-10-7-16-14(15)17-13(10)18/h2-7,19H,8H2,1H3. The van der Waals surface area contributed by atoms with Crippen LogP contribution in [0.2, 0.25) is 5.28 Å². The number of nitrogens with zero attached hydrogens (tertiary/aromatic N) is 3. The number of aromatic nitrogens is 3. The minimum atomic E-state index is -0.0675. The van der Waals surface area contributed by atoms with Gasteiger partial charge >= 0.3 is 0 Å². The highest BCUT2D eigenvalue weighted by Crippen LogP contribution is 2.24. The van der Waals surface area contributed by atoms with Crippen molar-refractivity contribution in [3.63, 3.8) is 0 Å². The van der Waals surface area contributed by atoms with Crippen molar-refractivity contribution in [2.45, 2.75) is 13.5 Å². The van der Waals surface area contributed by atoms with Gasteiger partial charge in [0.1, 0.15) is 5.65 Å². The van der Waals surface area contributed by atoms with Crippen LogP contribution in [-0.2, 0) is 6.61 Å². The summed E-state index contributed by atoms with van der Waals surface area (Å²) in [6, 6.07) is 9.88. The van der Waals surface area contributed by atoms with Crippen LogP contribution in [0.15, 0.2) is 36.5 Å². The Morgan fingerprint density at radius 3 is 2.89 bits per heavy atom. The Morgan fingerprint density at radius 1 is 1.32 bits per heavy atom. The number of hydrogen-bond acceptors (Lipinski definition) is 3. The minimum absolute atomic E-state index is 0.0675. The number of benzene rings is 1. The van der Waals surface area contributed by atoms with Crippen LogP contribution in [0.1, 0.15) is 11.3 Å². The van der Waals surface area contributed by atoms with Gasteiger partial charge in [-0.2, -0.15) is 4.98 Å². The van der Waals surface area contributed by atoms with Gasteiger partial charge in [0.2, 0.25) is 5.28 Å². The van der Waals surface area contributed by atoms with Crippen molar-refractivity contribution >= 4 is 22.6 Å². The maximum Gasteiger partial charge on any atom is 0.224 e. The van der Waals surface area contributed by atoms with Gasteiger partial charge in [-0.15, -0.1) is 0 Å². The van der Waals surface area contributed by atoms with Gasteiger partial charge < -0.3 is 5.11 Å². The van der Waals surface area contributed by atoms with Crippen molar-refractivity contribution in [3.05, 3.63) is 53.1 Å². The van der Waals surface area contributed by atoms with E-state index in [2.05, 4.69) is 9.97 Å². The number of rotatable bonds is 2. The molecular formula is C14H12ClN3O. The van der Waals surface area contributed by atoms with E-state index >= 15 is 0 Å². The number of hydrogen-bond donors (Lipinski definition) is 1. The van der Waals surface area contributed by atoms with Crippen LogP contribution in [-0.4, -0.2) is 19.6 Å². The van der Waals surface area contributed by atoms with E-state index in [9.17, 15) is 5.11 Å². The van der Waals surface area contributed by atoms with Gasteiger partial charge in [0.15, 0.2) is 0 Å². The molecule has 0 amide bonds. The summed E-state index contributed by atoms with van der Waals surface area (Å²) in [5.41, 5.74) is 3.56. The predicted octanol–water partition coefficient (Wildman–Crippen LogP) is 2.87. The van der Waals surface area contributed by atoms with E-state index in [4.69, 9.17) is 11.6 Å². The molecule has 3 aromatic rings. The molecule has 2 aromatic heterocycles. The summed E-state index contributed by atoms with van der Waals surface area (Å²) >= 11 is 5.86. The molecule has 0 unspecified atom stereocenters. The first-order valence-corrected chi connectivity index (χ1v) is 6.27. The fraction of sp³-hybridized carbons (Fsp3) is 0.143. The number of halogens is 1. The lowest BCUT2D eigenvalue weighted by Gasteiger charge is -2.09. The Labute approximate surface area is 115 Å². The lowest BCUT2D eigenvalue weighted by atomic mass is 10.2. The van der Waals surface area contributed by atoms with E-state index in [1.807, 2.05) is 41.8 Å². The second kappa shape index (κ2) is 4.64. The van der Waals surface area contributed by atoms with Crippen LogP contribution < -0.4 is 0 Å². The SMILES string of the molecule is Cc1cccc(-n2c(CO)cc3cnc(Cl)nc32)c1. The average molecular weight is 274 g/mol. The molecule has 96 valence electrons. The molecule has 5 heteroatoms. The Morgan fingerprint density at radius 2 is 2.16 bits per heavy atom. The maximum absolute atomic E-state index is 9.52. The predicted molar refractivity (Wildman–Crippen MR) is 74.5 cm³/mol. The van der Waals surface area contributed by atoms with Gasteiger partial charge in [-0.3, -0.25) is 4.57 Å². The van der Waals surface area contributed by atoms with Gasteiger partial charge in [0.05, 0.1) is 12.3 Å². The quantitative estimate of drug-likeness (QED) is 0.731. The molecule has 0 spiro atoms. The third-order valence-electron chi connectivity index (χ3n) is 3.01. The molecule has 0 saturated carbocycles. The number of aryl methyl sites for hydroxylation is 1. The average Bonchev–Trinajstić information content (AvgIpc) is 2.76.